The fraction of sp³-hybridized carbons (Fsp3) is 0.550. The average molecular weight is 422 g/mol. The number of carbonyl (C=O) groups excluding carboxylic acids is 2. The Balaban J connectivity index is 2.03. The van der Waals surface area contributed by atoms with E-state index in [1.807, 2.05) is 26.0 Å². The number of hydrogen-bond donors (Lipinski definition) is 0. The molecule has 0 radical (unpaired) electrons. The van der Waals surface area contributed by atoms with Gasteiger partial charge in [-0.05, 0) is 44.4 Å². The lowest BCUT2D eigenvalue weighted by Gasteiger charge is -2.23. The second-order valence-corrected chi connectivity index (χ2v) is 9.51. The highest BCUT2D eigenvalue weighted by molar-refractivity contribution is 7.91. The number of sulfone groups is 1. The van der Waals surface area contributed by atoms with Crippen LogP contribution in [0.4, 0.5) is 0 Å². The van der Waals surface area contributed by atoms with Crippen molar-refractivity contribution in [1.82, 2.24) is 9.47 Å². The van der Waals surface area contributed by atoms with E-state index in [4.69, 9.17) is 4.74 Å². The first-order valence-corrected chi connectivity index (χ1v) is 11.3. The van der Waals surface area contributed by atoms with E-state index < -0.39 is 34.4 Å². The second-order valence-electron chi connectivity index (χ2n) is 7.29. The lowest BCUT2D eigenvalue weighted by atomic mass is 10.1. The summed E-state index contributed by atoms with van der Waals surface area (Å²) >= 11 is 0. The maximum atomic E-state index is 12.3. The molecule has 1 atom stereocenters. The number of esters is 1. The van der Waals surface area contributed by atoms with Gasteiger partial charge in [0.25, 0.3) is 5.91 Å². The van der Waals surface area contributed by atoms with Gasteiger partial charge in [0, 0.05) is 31.0 Å². The van der Waals surface area contributed by atoms with E-state index in [0.29, 0.717) is 6.42 Å². The number of likely N-dealkylation sites (N-methyl/N-ethyl adjacent to an activating group) is 1. The molecule has 1 fully saturated rings. The van der Waals surface area contributed by atoms with Gasteiger partial charge in [0.15, 0.2) is 16.4 Å². The highest BCUT2D eigenvalue weighted by Gasteiger charge is 2.33. The Kier molecular flexibility index (Phi) is 7.25. The number of aromatic nitrogens is 1. The van der Waals surface area contributed by atoms with Crippen LogP contribution < -0.4 is 0 Å². The van der Waals surface area contributed by atoms with Crippen LogP contribution in [-0.4, -0.2) is 61.0 Å². The molecule has 2 heterocycles. The fourth-order valence-electron chi connectivity index (χ4n) is 3.43. The van der Waals surface area contributed by atoms with Crippen molar-refractivity contribution in [3.8, 4) is 6.07 Å². The predicted octanol–water partition coefficient (Wildman–Crippen LogP) is 1.61. The summed E-state index contributed by atoms with van der Waals surface area (Å²) in [6.07, 6.45) is 2.80. The third kappa shape index (κ3) is 5.48. The first-order valence-electron chi connectivity index (χ1n) is 9.51. The number of hydrogen-bond acceptors (Lipinski definition) is 6. The highest BCUT2D eigenvalue weighted by atomic mass is 32.2. The van der Waals surface area contributed by atoms with Crippen LogP contribution in [0.1, 0.15) is 36.7 Å². The van der Waals surface area contributed by atoms with Crippen LogP contribution in [0.5, 0.6) is 0 Å². The Morgan fingerprint density at radius 3 is 2.66 bits per heavy atom. The molecule has 1 aliphatic heterocycles. The number of amides is 1. The molecule has 0 aliphatic carbocycles. The van der Waals surface area contributed by atoms with E-state index in [0.717, 1.165) is 29.9 Å². The minimum Gasteiger partial charge on any atom is -0.451 e. The minimum atomic E-state index is -3.12. The van der Waals surface area contributed by atoms with Crippen LogP contribution in [0.25, 0.3) is 6.08 Å². The zero-order valence-corrected chi connectivity index (χ0v) is 18.1. The van der Waals surface area contributed by atoms with E-state index in [-0.39, 0.29) is 17.1 Å². The van der Waals surface area contributed by atoms with E-state index in [1.54, 1.807) is 0 Å². The van der Waals surface area contributed by atoms with Gasteiger partial charge in [-0.25, -0.2) is 13.2 Å². The standard InChI is InChI=1S/C20H27N3O5S/c1-5-7-23-14(2)9-16(15(23)3)10-17(11-21)20(25)28-12-19(24)22(4)18-6-8-29(26,27)13-18/h9-10,18H,5-8,12-13H2,1-4H3/b17-10+/t18-/m1/s1. The minimum absolute atomic E-state index is 0.0485. The molecule has 0 bridgehead atoms. The third-order valence-electron chi connectivity index (χ3n) is 5.18. The van der Waals surface area contributed by atoms with Crippen LogP contribution >= 0.6 is 0 Å². The summed E-state index contributed by atoms with van der Waals surface area (Å²) in [5, 5.41) is 9.34. The first kappa shape index (κ1) is 22.7. The number of nitriles is 1. The van der Waals surface area contributed by atoms with Crippen molar-refractivity contribution in [2.75, 3.05) is 25.2 Å². The second kappa shape index (κ2) is 9.27. The number of carbonyl (C=O) groups is 2. The van der Waals surface area contributed by atoms with Gasteiger partial charge in [0.2, 0.25) is 0 Å². The molecular formula is C20H27N3O5S. The lowest BCUT2D eigenvalue weighted by molar-refractivity contribution is -0.148. The first-order chi connectivity index (χ1) is 13.6. The SMILES string of the molecule is CCCn1c(C)cc(/C=C(\C#N)C(=O)OCC(=O)N(C)[C@@H]2CCS(=O)(=O)C2)c1C. The molecule has 0 N–H and O–H groups in total. The van der Waals surface area contributed by atoms with Gasteiger partial charge in [-0.2, -0.15) is 5.26 Å². The van der Waals surface area contributed by atoms with Crippen LogP contribution in [0.3, 0.4) is 0 Å². The number of rotatable bonds is 7. The summed E-state index contributed by atoms with van der Waals surface area (Å²) in [6.45, 7) is 6.25. The van der Waals surface area contributed by atoms with Crippen LogP contribution in [-0.2, 0) is 30.7 Å². The zero-order valence-electron chi connectivity index (χ0n) is 17.3. The van der Waals surface area contributed by atoms with Gasteiger partial charge in [0.1, 0.15) is 11.6 Å². The van der Waals surface area contributed by atoms with E-state index >= 15 is 0 Å². The van der Waals surface area contributed by atoms with Gasteiger partial charge in [-0.3, -0.25) is 4.79 Å². The molecule has 9 heteroatoms. The Morgan fingerprint density at radius 1 is 1.41 bits per heavy atom. The molecule has 1 aliphatic rings. The Bertz CT molecular complexity index is 969. The summed E-state index contributed by atoms with van der Waals surface area (Å²) in [5.74, 6) is -1.42. The smallest absolute Gasteiger partial charge is 0.349 e. The Hall–Kier alpha value is -2.60. The monoisotopic (exact) mass is 421 g/mol. The summed E-state index contributed by atoms with van der Waals surface area (Å²) in [5.41, 5.74) is 2.54. The van der Waals surface area contributed by atoms with Crippen LogP contribution in [0, 0.1) is 25.2 Å². The molecule has 1 aromatic rings. The van der Waals surface area contributed by atoms with E-state index in [2.05, 4.69) is 11.5 Å². The molecule has 1 saturated heterocycles. The molecule has 0 saturated carbocycles. The van der Waals surface area contributed by atoms with E-state index in [1.165, 1.54) is 18.0 Å². The summed E-state index contributed by atoms with van der Waals surface area (Å²) in [4.78, 5) is 25.8. The summed E-state index contributed by atoms with van der Waals surface area (Å²) < 4.78 is 30.2. The average Bonchev–Trinajstić information content (AvgIpc) is 3.16. The van der Waals surface area contributed by atoms with Gasteiger partial charge < -0.3 is 14.2 Å². The molecule has 158 valence electrons. The molecule has 29 heavy (non-hydrogen) atoms. The number of nitrogens with zero attached hydrogens (tertiary/aromatic N) is 3. The van der Waals surface area contributed by atoms with Crippen molar-refractivity contribution in [1.29, 1.82) is 5.26 Å². The lowest BCUT2D eigenvalue weighted by Crippen LogP contribution is -2.40. The van der Waals surface area contributed by atoms with Crippen molar-refractivity contribution in [2.24, 2.45) is 0 Å². The summed E-state index contributed by atoms with van der Waals surface area (Å²) in [6, 6.07) is 3.31. The predicted molar refractivity (Wildman–Crippen MR) is 109 cm³/mol. The maximum Gasteiger partial charge on any atom is 0.349 e. The number of aryl methyl sites for hydroxylation is 1. The Labute approximate surface area is 171 Å². The quantitative estimate of drug-likeness (QED) is 0.376. The molecule has 8 nitrogen and oxygen atoms in total. The third-order valence-corrected chi connectivity index (χ3v) is 6.93. The number of ether oxygens (including phenoxy) is 1. The van der Waals surface area contributed by atoms with Crippen molar-refractivity contribution in [3.05, 3.63) is 28.6 Å². The van der Waals surface area contributed by atoms with Gasteiger partial charge in [-0.1, -0.05) is 6.92 Å². The van der Waals surface area contributed by atoms with Crippen molar-refractivity contribution >= 4 is 27.8 Å². The maximum absolute atomic E-state index is 12.3. The molecule has 0 aromatic carbocycles. The van der Waals surface area contributed by atoms with Crippen molar-refractivity contribution < 1.29 is 22.7 Å². The van der Waals surface area contributed by atoms with Crippen LogP contribution in [0.15, 0.2) is 11.6 Å². The zero-order chi connectivity index (χ0) is 21.8. The molecule has 2 rings (SSSR count). The molecule has 1 amide bonds. The molecule has 1 aromatic heterocycles. The van der Waals surface area contributed by atoms with E-state index in [9.17, 15) is 23.3 Å². The summed E-state index contributed by atoms with van der Waals surface area (Å²) in [7, 11) is -1.63. The van der Waals surface area contributed by atoms with Crippen molar-refractivity contribution in [2.45, 2.75) is 46.2 Å². The highest BCUT2D eigenvalue weighted by Crippen LogP contribution is 2.19. The Morgan fingerprint density at radius 2 is 2.10 bits per heavy atom. The molecular weight excluding hydrogens is 394 g/mol. The molecule has 0 unspecified atom stereocenters. The molecule has 0 spiro atoms. The van der Waals surface area contributed by atoms with Crippen molar-refractivity contribution in [3.63, 3.8) is 0 Å². The van der Waals surface area contributed by atoms with Crippen LogP contribution in [0.2, 0.25) is 0 Å². The largest absolute Gasteiger partial charge is 0.451 e. The van der Waals surface area contributed by atoms with Gasteiger partial charge >= 0.3 is 5.97 Å². The normalized spacial score (nSPS) is 18.3. The fourth-order valence-corrected chi connectivity index (χ4v) is 5.20. The van der Waals surface area contributed by atoms with Gasteiger partial charge in [-0.15, -0.1) is 0 Å². The van der Waals surface area contributed by atoms with Gasteiger partial charge in [0.05, 0.1) is 11.5 Å². The topological polar surface area (TPSA) is 109 Å².